The van der Waals surface area contributed by atoms with Crippen molar-refractivity contribution in [1.29, 1.82) is 0 Å². The fourth-order valence-corrected chi connectivity index (χ4v) is 3.60. The number of benzene rings is 3. The van der Waals surface area contributed by atoms with Gasteiger partial charge in [0.1, 0.15) is 17.1 Å². The molecule has 1 N–H and O–H groups in total. The molecule has 0 aliphatic rings. The lowest BCUT2D eigenvalue weighted by atomic mass is 10.2. The van der Waals surface area contributed by atoms with Crippen LogP contribution in [-0.4, -0.2) is 28.3 Å². The van der Waals surface area contributed by atoms with E-state index in [1.165, 1.54) is 6.20 Å². The highest BCUT2D eigenvalue weighted by atomic mass is 16.5. The van der Waals surface area contributed by atoms with Crippen LogP contribution in [0.4, 0.5) is 5.69 Å². The first-order valence-corrected chi connectivity index (χ1v) is 11.4. The van der Waals surface area contributed by atoms with Crippen LogP contribution in [0.15, 0.2) is 85.1 Å². The van der Waals surface area contributed by atoms with Crippen molar-refractivity contribution in [2.45, 2.75) is 26.8 Å². The number of nitrogens with one attached hydrogen (secondary N) is 1. The van der Waals surface area contributed by atoms with Crippen molar-refractivity contribution in [3.05, 3.63) is 107 Å². The van der Waals surface area contributed by atoms with Crippen molar-refractivity contribution >= 4 is 17.6 Å². The molecular weight excluding hydrogens is 442 g/mol. The Hall–Kier alpha value is -4.39. The van der Waals surface area contributed by atoms with E-state index < -0.39 is 18.5 Å². The molecule has 0 saturated carbocycles. The fraction of sp³-hybridized carbons (Fsp3) is 0.179. The highest BCUT2D eigenvalue weighted by Gasteiger charge is 2.19. The van der Waals surface area contributed by atoms with Gasteiger partial charge in [0.15, 0.2) is 6.61 Å². The summed E-state index contributed by atoms with van der Waals surface area (Å²) >= 11 is 0. The second kappa shape index (κ2) is 11.2. The zero-order valence-electron chi connectivity index (χ0n) is 19.7. The Morgan fingerprint density at radius 1 is 0.914 bits per heavy atom. The summed E-state index contributed by atoms with van der Waals surface area (Å²) < 4.78 is 12.8. The molecule has 7 heteroatoms. The Labute approximate surface area is 204 Å². The molecule has 4 rings (SSSR count). The molecule has 0 radical (unpaired) electrons. The van der Waals surface area contributed by atoms with E-state index in [9.17, 15) is 9.59 Å². The van der Waals surface area contributed by atoms with E-state index in [4.69, 9.17) is 9.47 Å². The van der Waals surface area contributed by atoms with Crippen molar-refractivity contribution in [2.24, 2.45) is 0 Å². The van der Waals surface area contributed by atoms with Crippen LogP contribution >= 0.6 is 0 Å². The monoisotopic (exact) mass is 469 g/mol. The third kappa shape index (κ3) is 6.35. The second-order valence-electron chi connectivity index (χ2n) is 8.07. The molecule has 0 aliphatic heterocycles. The van der Waals surface area contributed by atoms with E-state index in [1.54, 1.807) is 28.9 Å². The largest absolute Gasteiger partial charge is 0.457 e. The van der Waals surface area contributed by atoms with Crippen LogP contribution in [0.3, 0.4) is 0 Å². The molecule has 4 aromatic rings. The second-order valence-corrected chi connectivity index (χ2v) is 8.07. The number of nitrogens with zero attached hydrogens (tertiary/aromatic N) is 2. The summed E-state index contributed by atoms with van der Waals surface area (Å²) in [5.41, 5.74) is 3.95. The third-order valence-corrected chi connectivity index (χ3v) is 5.41. The molecule has 1 aromatic heterocycles. The molecule has 3 aromatic carbocycles. The van der Waals surface area contributed by atoms with Gasteiger partial charge < -0.3 is 14.8 Å². The number of carbonyl (C=O) groups is 2. The molecule has 1 heterocycles. The number of hydrogen-bond donors (Lipinski definition) is 1. The molecule has 0 atom stereocenters. The molecule has 35 heavy (non-hydrogen) atoms. The van der Waals surface area contributed by atoms with Crippen LogP contribution in [-0.2, 0) is 22.5 Å². The zero-order valence-corrected chi connectivity index (χ0v) is 19.7. The summed E-state index contributed by atoms with van der Waals surface area (Å²) in [4.78, 5) is 24.9. The molecule has 1 amide bonds. The Morgan fingerprint density at radius 3 is 2.23 bits per heavy atom. The number of aryl methyl sites for hydroxylation is 1. The minimum atomic E-state index is -0.571. The van der Waals surface area contributed by atoms with E-state index in [1.807, 2.05) is 68.4 Å². The molecule has 0 bridgehead atoms. The number of ether oxygens (including phenoxy) is 2. The van der Waals surface area contributed by atoms with Gasteiger partial charge in [0.05, 0.1) is 18.4 Å². The standard InChI is InChI=1S/C28H27N3O4/c1-3-26-25(17-29-31(26)18-21-7-5-4-6-8-21)28(33)34-19-27(32)30-22-11-15-24(16-12-22)35-23-13-9-20(2)10-14-23/h4-17H,3,18-19H2,1-2H3,(H,30,32). The molecular formula is C28H27N3O4. The van der Waals surface area contributed by atoms with E-state index in [0.717, 1.165) is 22.6 Å². The maximum absolute atomic E-state index is 12.6. The van der Waals surface area contributed by atoms with Crippen molar-refractivity contribution in [1.82, 2.24) is 9.78 Å². The van der Waals surface area contributed by atoms with Crippen molar-refractivity contribution in [3.8, 4) is 11.5 Å². The van der Waals surface area contributed by atoms with E-state index in [2.05, 4.69) is 10.4 Å². The Morgan fingerprint density at radius 2 is 1.57 bits per heavy atom. The maximum atomic E-state index is 12.6. The van der Waals surface area contributed by atoms with Gasteiger partial charge in [-0.2, -0.15) is 5.10 Å². The first-order chi connectivity index (χ1) is 17.0. The number of rotatable bonds is 9. The molecule has 7 nitrogen and oxygen atoms in total. The summed E-state index contributed by atoms with van der Waals surface area (Å²) in [6.45, 7) is 4.13. The summed E-state index contributed by atoms with van der Waals surface area (Å²) in [7, 11) is 0. The molecule has 0 fully saturated rings. The van der Waals surface area contributed by atoms with Gasteiger partial charge in [0.25, 0.3) is 5.91 Å². The molecule has 0 spiro atoms. The first kappa shape index (κ1) is 23.8. The average Bonchev–Trinajstić information content (AvgIpc) is 3.28. The van der Waals surface area contributed by atoms with Gasteiger partial charge in [-0.05, 0) is 55.3 Å². The summed E-state index contributed by atoms with van der Waals surface area (Å²) in [6, 6.07) is 24.6. The molecule has 0 saturated heterocycles. The molecule has 178 valence electrons. The predicted molar refractivity (Wildman–Crippen MR) is 134 cm³/mol. The summed E-state index contributed by atoms with van der Waals surface area (Å²) in [6.07, 6.45) is 2.11. The average molecular weight is 470 g/mol. The fourth-order valence-electron chi connectivity index (χ4n) is 3.60. The quantitative estimate of drug-likeness (QED) is 0.332. The number of esters is 1. The highest BCUT2D eigenvalue weighted by Crippen LogP contribution is 2.23. The number of hydrogen-bond acceptors (Lipinski definition) is 5. The lowest BCUT2D eigenvalue weighted by molar-refractivity contribution is -0.119. The van der Waals surface area contributed by atoms with Crippen LogP contribution in [0.5, 0.6) is 11.5 Å². The topological polar surface area (TPSA) is 82.5 Å². The normalized spacial score (nSPS) is 10.6. The van der Waals surface area contributed by atoms with Gasteiger partial charge >= 0.3 is 5.97 Å². The van der Waals surface area contributed by atoms with Crippen LogP contribution in [0.1, 0.15) is 34.1 Å². The zero-order chi connectivity index (χ0) is 24.6. The molecule has 0 aliphatic carbocycles. The Kier molecular flexibility index (Phi) is 7.57. The molecule has 0 unspecified atom stereocenters. The van der Waals surface area contributed by atoms with Crippen LogP contribution in [0.2, 0.25) is 0 Å². The minimum absolute atomic E-state index is 0.369. The van der Waals surface area contributed by atoms with Crippen molar-refractivity contribution in [3.63, 3.8) is 0 Å². The number of anilines is 1. The van der Waals surface area contributed by atoms with E-state index >= 15 is 0 Å². The van der Waals surface area contributed by atoms with Gasteiger partial charge in [0, 0.05) is 5.69 Å². The van der Waals surface area contributed by atoms with Gasteiger partial charge in [-0.25, -0.2) is 4.79 Å². The van der Waals surface area contributed by atoms with E-state index in [0.29, 0.717) is 30.0 Å². The van der Waals surface area contributed by atoms with Gasteiger partial charge in [0.2, 0.25) is 0 Å². The third-order valence-electron chi connectivity index (χ3n) is 5.41. The smallest absolute Gasteiger partial charge is 0.342 e. The first-order valence-electron chi connectivity index (χ1n) is 11.4. The van der Waals surface area contributed by atoms with Gasteiger partial charge in [-0.15, -0.1) is 0 Å². The summed E-state index contributed by atoms with van der Waals surface area (Å²) in [5.74, 6) is 0.383. The summed E-state index contributed by atoms with van der Waals surface area (Å²) in [5, 5.41) is 7.07. The number of aromatic nitrogens is 2. The Balaban J connectivity index is 1.30. The SMILES string of the molecule is CCc1c(C(=O)OCC(=O)Nc2ccc(Oc3ccc(C)cc3)cc2)cnn1Cc1ccccc1. The van der Waals surface area contributed by atoms with Gasteiger partial charge in [-0.1, -0.05) is 55.0 Å². The predicted octanol–water partition coefficient (Wildman–Crippen LogP) is 5.39. The van der Waals surface area contributed by atoms with Crippen molar-refractivity contribution < 1.29 is 19.1 Å². The van der Waals surface area contributed by atoms with Gasteiger partial charge in [-0.3, -0.25) is 9.48 Å². The van der Waals surface area contributed by atoms with Crippen molar-refractivity contribution in [2.75, 3.05) is 11.9 Å². The Bertz CT molecular complexity index is 1280. The highest BCUT2D eigenvalue weighted by molar-refractivity contribution is 5.95. The number of amides is 1. The van der Waals surface area contributed by atoms with E-state index in [-0.39, 0.29) is 0 Å². The minimum Gasteiger partial charge on any atom is -0.457 e. The maximum Gasteiger partial charge on any atom is 0.342 e. The number of carbonyl (C=O) groups excluding carboxylic acids is 2. The lowest BCUT2D eigenvalue weighted by Gasteiger charge is -2.10. The van der Waals surface area contributed by atoms with Crippen LogP contribution in [0.25, 0.3) is 0 Å². The van der Waals surface area contributed by atoms with Crippen LogP contribution in [0, 0.1) is 6.92 Å². The lowest BCUT2D eigenvalue weighted by Crippen LogP contribution is -2.21. The van der Waals surface area contributed by atoms with Crippen LogP contribution < -0.4 is 10.1 Å².